The monoisotopic (exact) mass is 302 g/mol. The van der Waals surface area contributed by atoms with Gasteiger partial charge in [0.15, 0.2) is 9.84 Å². The van der Waals surface area contributed by atoms with Crippen LogP contribution in [0.2, 0.25) is 0 Å². The number of aromatic carboxylic acids is 1. The molecule has 20 heavy (non-hydrogen) atoms. The number of carboxylic acids is 1. The van der Waals surface area contributed by atoms with Gasteiger partial charge in [-0.25, -0.2) is 13.2 Å². The highest BCUT2D eigenvalue weighted by atomic mass is 32.2. The number of sulfone groups is 1. The Labute approximate surface area is 115 Å². The fraction of sp³-hybridized carbons (Fsp3) is 0.364. The predicted molar refractivity (Wildman–Crippen MR) is 72.9 cm³/mol. The van der Waals surface area contributed by atoms with E-state index in [4.69, 9.17) is 5.11 Å². The van der Waals surface area contributed by atoms with Gasteiger partial charge in [0.2, 0.25) is 0 Å². The van der Waals surface area contributed by atoms with Crippen LogP contribution in [0, 0.1) is 10.1 Å². The first kappa shape index (κ1) is 15.9. The van der Waals surface area contributed by atoms with Gasteiger partial charge in [0, 0.05) is 18.4 Å². The van der Waals surface area contributed by atoms with E-state index in [2.05, 4.69) is 5.32 Å². The number of nitro benzene ring substituents is 1. The summed E-state index contributed by atoms with van der Waals surface area (Å²) in [6.07, 6.45) is 0. The number of carbonyl (C=O) groups is 1. The molecule has 0 aromatic heterocycles. The second-order valence-electron chi connectivity index (χ2n) is 3.93. The van der Waals surface area contributed by atoms with Crippen LogP contribution in [0.1, 0.15) is 17.3 Å². The average molecular weight is 302 g/mol. The largest absolute Gasteiger partial charge is 0.478 e. The molecule has 1 rings (SSSR count). The summed E-state index contributed by atoms with van der Waals surface area (Å²) in [4.78, 5) is 21.2. The molecular weight excluding hydrogens is 288 g/mol. The molecule has 110 valence electrons. The van der Waals surface area contributed by atoms with E-state index in [-0.39, 0.29) is 29.3 Å². The van der Waals surface area contributed by atoms with Crippen molar-refractivity contribution in [3.05, 3.63) is 33.9 Å². The quantitative estimate of drug-likeness (QED) is 0.571. The lowest BCUT2D eigenvalue weighted by atomic mass is 10.1. The van der Waals surface area contributed by atoms with Crippen LogP contribution in [0.5, 0.6) is 0 Å². The van der Waals surface area contributed by atoms with Crippen molar-refractivity contribution in [3.8, 4) is 0 Å². The number of hydrogen-bond acceptors (Lipinski definition) is 6. The fourth-order valence-electron chi connectivity index (χ4n) is 1.53. The van der Waals surface area contributed by atoms with Crippen LogP contribution in [0.3, 0.4) is 0 Å². The first-order valence-corrected chi connectivity index (χ1v) is 7.55. The molecular formula is C11H14N2O6S. The van der Waals surface area contributed by atoms with E-state index in [1.165, 1.54) is 19.1 Å². The van der Waals surface area contributed by atoms with E-state index < -0.39 is 26.4 Å². The number of nitrogens with one attached hydrogen (secondary N) is 1. The lowest BCUT2D eigenvalue weighted by molar-refractivity contribution is -0.384. The van der Waals surface area contributed by atoms with Gasteiger partial charge in [0.25, 0.3) is 5.69 Å². The van der Waals surface area contributed by atoms with Gasteiger partial charge in [0.1, 0.15) is 5.69 Å². The van der Waals surface area contributed by atoms with Gasteiger partial charge in [-0.3, -0.25) is 10.1 Å². The zero-order chi connectivity index (χ0) is 15.3. The zero-order valence-electron chi connectivity index (χ0n) is 10.7. The van der Waals surface area contributed by atoms with Gasteiger partial charge in [0.05, 0.1) is 16.2 Å². The number of rotatable bonds is 7. The minimum Gasteiger partial charge on any atom is -0.478 e. The Hall–Kier alpha value is -2.16. The zero-order valence-corrected chi connectivity index (χ0v) is 11.5. The third-order valence-corrected chi connectivity index (χ3v) is 4.33. The molecule has 9 heteroatoms. The summed E-state index contributed by atoms with van der Waals surface area (Å²) in [6, 6.07) is 3.63. The first-order chi connectivity index (χ1) is 9.28. The van der Waals surface area contributed by atoms with Gasteiger partial charge in [-0.2, -0.15) is 0 Å². The summed E-state index contributed by atoms with van der Waals surface area (Å²) in [6.45, 7) is 1.39. The molecule has 0 saturated carbocycles. The third-order valence-electron chi connectivity index (χ3n) is 2.62. The molecule has 0 aliphatic carbocycles. The minimum atomic E-state index is -3.24. The summed E-state index contributed by atoms with van der Waals surface area (Å²) in [5.41, 5.74) is -0.858. The van der Waals surface area contributed by atoms with E-state index >= 15 is 0 Å². The standard InChI is InChI=1S/C11H14N2O6S/c1-2-20(18,19)7-6-12-10-8(11(14)15)4-3-5-9(10)13(16)17/h3-5,12H,2,6-7H2,1H3,(H,14,15). The maximum absolute atomic E-state index is 11.3. The van der Waals surface area contributed by atoms with E-state index in [9.17, 15) is 23.3 Å². The molecule has 8 nitrogen and oxygen atoms in total. The highest BCUT2D eigenvalue weighted by molar-refractivity contribution is 7.91. The van der Waals surface area contributed by atoms with Crippen molar-refractivity contribution in [2.24, 2.45) is 0 Å². The summed E-state index contributed by atoms with van der Waals surface area (Å²) in [5.74, 6) is -1.60. The van der Waals surface area contributed by atoms with E-state index in [1.54, 1.807) is 0 Å². The molecule has 0 fully saturated rings. The van der Waals surface area contributed by atoms with Crippen molar-refractivity contribution in [1.29, 1.82) is 0 Å². The van der Waals surface area contributed by atoms with Crippen molar-refractivity contribution in [2.75, 3.05) is 23.4 Å². The Morgan fingerprint density at radius 2 is 2.10 bits per heavy atom. The highest BCUT2D eigenvalue weighted by Gasteiger charge is 2.21. The Kier molecular flexibility index (Phi) is 5.03. The summed E-state index contributed by atoms with van der Waals surface area (Å²) in [7, 11) is -3.24. The van der Waals surface area contributed by atoms with Crippen LogP contribution >= 0.6 is 0 Å². The van der Waals surface area contributed by atoms with Crippen molar-refractivity contribution < 1.29 is 23.2 Å². The van der Waals surface area contributed by atoms with E-state index in [0.717, 1.165) is 6.07 Å². The second-order valence-corrected chi connectivity index (χ2v) is 6.40. The molecule has 0 aliphatic rings. The van der Waals surface area contributed by atoms with Crippen LogP contribution in [0.15, 0.2) is 18.2 Å². The molecule has 0 atom stereocenters. The highest BCUT2D eigenvalue weighted by Crippen LogP contribution is 2.28. The Morgan fingerprint density at radius 3 is 2.60 bits per heavy atom. The molecule has 0 aliphatic heterocycles. The third kappa shape index (κ3) is 3.92. The summed E-state index contributed by atoms with van der Waals surface area (Å²) >= 11 is 0. The second kappa shape index (κ2) is 6.33. The molecule has 0 saturated heterocycles. The lowest BCUT2D eigenvalue weighted by Gasteiger charge is -2.09. The molecule has 1 aromatic rings. The SMILES string of the molecule is CCS(=O)(=O)CCNc1c(C(=O)O)cccc1[N+](=O)[O-]. The lowest BCUT2D eigenvalue weighted by Crippen LogP contribution is -2.19. The van der Waals surface area contributed by atoms with Crippen LogP contribution in [-0.4, -0.2) is 42.5 Å². The van der Waals surface area contributed by atoms with Crippen LogP contribution in [0.25, 0.3) is 0 Å². The Balaban J connectivity index is 3.03. The number of carboxylic acid groups (broad SMARTS) is 1. The van der Waals surface area contributed by atoms with Gasteiger partial charge >= 0.3 is 5.97 Å². The van der Waals surface area contributed by atoms with E-state index in [1.807, 2.05) is 0 Å². The number of nitro groups is 1. The van der Waals surface area contributed by atoms with Gasteiger partial charge < -0.3 is 10.4 Å². The van der Waals surface area contributed by atoms with Crippen LogP contribution < -0.4 is 5.32 Å². The smallest absolute Gasteiger partial charge is 0.338 e. The number of para-hydroxylation sites is 1. The molecule has 0 spiro atoms. The normalized spacial score (nSPS) is 11.1. The first-order valence-electron chi connectivity index (χ1n) is 5.73. The molecule has 0 unspecified atom stereocenters. The number of anilines is 1. The average Bonchev–Trinajstić information content (AvgIpc) is 2.38. The van der Waals surface area contributed by atoms with Crippen molar-refractivity contribution in [1.82, 2.24) is 0 Å². The molecule has 0 radical (unpaired) electrons. The number of nitrogens with zero attached hydrogens (tertiary/aromatic N) is 1. The van der Waals surface area contributed by atoms with Crippen molar-refractivity contribution in [2.45, 2.75) is 6.92 Å². The minimum absolute atomic E-state index is 0.0443. The summed E-state index contributed by atoms with van der Waals surface area (Å²) < 4.78 is 22.7. The predicted octanol–water partition coefficient (Wildman–Crippen LogP) is 1.14. The molecule has 0 bridgehead atoms. The van der Waals surface area contributed by atoms with Gasteiger partial charge in [-0.1, -0.05) is 13.0 Å². The fourth-order valence-corrected chi connectivity index (χ4v) is 2.23. The maximum Gasteiger partial charge on any atom is 0.338 e. The number of hydrogen-bond donors (Lipinski definition) is 2. The van der Waals surface area contributed by atoms with Crippen LogP contribution in [0.4, 0.5) is 11.4 Å². The van der Waals surface area contributed by atoms with Crippen molar-refractivity contribution >= 4 is 27.2 Å². The topological polar surface area (TPSA) is 127 Å². The van der Waals surface area contributed by atoms with E-state index in [0.29, 0.717) is 0 Å². The molecule has 0 heterocycles. The Bertz CT molecular complexity index is 594. The van der Waals surface area contributed by atoms with Crippen molar-refractivity contribution in [3.63, 3.8) is 0 Å². The van der Waals surface area contributed by atoms with Gasteiger partial charge in [-0.15, -0.1) is 0 Å². The van der Waals surface area contributed by atoms with Gasteiger partial charge in [-0.05, 0) is 6.07 Å². The molecule has 1 aromatic carbocycles. The molecule has 0 amide bonds. The number of benzene rings is 1. The molecule has 2 N–H and O–H groups in total. The summed E-state index contributed by atoms with van der Waals surface area (Å²) in [5, 5.41) is 22.4. The maximum atomic E-state index is 11.3. The Morgan fingerprint density at radius 1 is 1.45 bits per heavy atom. The van der Waals surface area contributed by atoms with Crippen LogP contribution in [-0.2, 0) is 9.84 Å².